The zero-order chi connectivity index (χ0) is 40.6. The van der Waals surface area contributed by atoms with Gasteiger partial charge in [0.2, 0.25) is 0 Å². The molecule has 0 saturated heterocycles. The predicted molar refractivity (Wildman–Crippen MR) is 259 cm³/mol. The molecule has 0 saturated carbocycles. The van der Waals surface area contributed by atoms with Crippen LogP contribution in [0.2, 0.25) is 0 Å². The molecule has 5 aliphatic rings. The lowest BCUT2D eigenvalue weighted by atomic mass is 9.89. The molecule has 0 bridgehead atoms. The molecular weight excluding hydrogens is 745 g/mol. The molecule has 5 aromatic rings. The van der Waals surface area contributed by atoms with E-state index in [4.69, 9.17) is 0 Å². The number of hydrogen-bond acceptors (Lipinski definition) is 3. The minimum Gasteiger partial charge on any atom is -0.318 e. The number of nitrogens with zero attached hydrogens (tertiary/aromatic N) is 2. The van der Waals surface area contributed by atoms with Crippen molar-refractivity contribution in [3.63, 3.8) is 0 Å². The highest BCUT2D eigenvalue weighted by Crippen LogP contribution is 2.45. The van der Waals surface area contributed by atoms with Crippen molar-refractivity contribution in [2.24, 2.45) is 0 Å². The van der Waals surface area contributed by atoms with Gasteiger partial charge in [-0.05, 0) is 165 Å². The van der Waals surface area contributed by atoms with Gasteiger partial charge in [-0.2, -0.15) is 0 Å². The molecule has 0 amide bonds. The number of anilines is 2. The van der Waals surface area contributed by atoms with Gasteiger partial charge in [-0.1, -0.05) is 120 Å². The summed E-state index contributed by atoms with van der Waals surface area (Å²) in [7, 11) is 0. The molecule has 3 heterocycles. The summed E-state index contributed by atoms with van der Waals surface area (Å²) in [5, 5.41) is 2.67. The maximum Gasteiger partial charge on any atom is 0.0496 e. The van der Waals surface area contributed by atoms with Crippen LogP contribution in [0.5, 0.6) is 0 Å². The lowest BCUT2D eigenvalue weighted by Crippen LogP contribution is -2.23. The van der Waals surface area contributed by atoms with Crippen LogP contribution < -0.4 is 9.80 Å². The molecule has 294 valence electrons. The second-order valence-electron chi connectivity index (χ2n) is 16.6. The molecule has 10 rings (SSSR count). The molecule has 2 nitrogen and oxygen atoms in total. The molecule has 4 aromatic carbocycles. The van der Waals surface area contributed by atoms with Gasteiger partial charge in [-0.25, -0.2) is 0 Å². The summed E-state index contributed by atoms with van der Waals surface area (Å²) >= 11 is 1.88. The monoisotopic (exact) mass is 794 g/mol. The Morgan fingerprint density at radius 3 is 2.28 bits per heavy atom. The van der Waals surface area contributed by atoms with Crippen molar-refractivity contribution in [2.75, 3.05) is 9.80 Å². The highest BCUT2D eigenvalue weighted by Gasteiger charge is 2.29. The second-order valence-corrected chi connectivity index (χ2v) is 17.7. The number of benzene rings is 4. The lowest BCUT2D eigenvalue weighted by Gasteiger charge is -2.33. The largest absolute Gasteiger partial charge is 0.318 e. The molecule has 0 unspecified atom stereocenters. The highest BCUT2D eigenvalue weighted by molar-refractivity contribution is 7.25. The summed E-state index contributed by atoms with van der Waals surface area (Å²) in [6.07, 6.45) is 36.1. The molecule has 3 heteroatoms. The summed E-state index contributed by atoms with van der Waals surface area (Å²) in [6, 6.07) is 35.9. The molecule has 1 aromatic heterocycles. The van der Waals surface area contributed by atoms with Gasteiger partial charge in [0.15, 0.2) is 0 Å². The third-order valence-corrected chi connectivity index (χ3v) is 13.6. The van der Waals surface area contributed by atoms with Gasteiger partial charge in [-0.15, -0.1) is 11.3 Å². The third-order valence-electron chi connectivity index (χ3n) is 12.4. The van der Waals surface area contributed by atoms with E-state index in [-0.39, 0.29) is 0 Å². The molecule has 3 aliphatic carbocycles. The van der Waals surface area contributed by atoms with Gasteiger partial charge < -0.3 is 9.80 Å². The third kappa shape index (κ3) is 7.40. The Balaban J connectivity index is 1.10. The van der Waals surface area contributed by atoms with Crippen LogP contribution in [-0.4, -0.2) is 0 Å². The van der Waals surface area contributed by atoms with Crippen LogP contribution in [0.4, 0.5) is 11.4 Å². The molecule has 0 N–H and O–H groups in total. The first-order valence-corrected chi connectivity index (χ1v) is 22.3. The van der Waals surface area contributed by atoms with Crippen molar-refractivity contribution in [3.8, 4) is 11.1 Å². The second kappa shape index (κ2) is 16.3. The van der Waals surface area contributed by atoms with Crippen LogP contribution in [-0.2, 0) is 0 Å². The summed E-state index contributed by atoms with van der Waals surface area (Å²) in [4.78, 5) is 5.05. The van der Waals surface area contributed by atoms with Gasteiger partial charge in [0, 0.05) is 54.3 Å². The van der Waals surface area contributed by atoms with Crippen LogP contribution in [0.25, 0.3) is 31.3 Å². The van der Waals surface area contributed by atoms with Crippen molar-refractivity contribution in [2.45, 2.75) is 59.3 Å². The van der Waals surface area contributed by atoms with E-state index >= 15 is 0 Å². The fraction of sp³-hybridized carbons (Fsp3) is 0.158. The fourth-order valence-corrected chi connectivity index (χ4v) is 10.5. The molecule has 0 fully saturated rings. The van der Waals surface area contributed by atoms with E-state index in [1.54, 1.807) is 0 Å². The van der Waals surface area contributed by atoms with Crippen LogP contribution >= 0.6 is 11.3 Å². The zero-order valence-corrected chi connectivity index (χ0v) is 35.6. The van der Waals surface area contributed by atoms with E-state index in [1.807, 2.05) is 11.3 Å². The number of para-hydroxylation sites is 1. The minimum atomic E-state index is 0.914. The Morgan fingerprint density at radius 1 is 0.567 bits per heavy atom. The van der Waals surface area contributed by atoms with Crippen LogP contribution in [0.15, 0.2) is 238 Å². The van der Waals surface area contributed by atoms with Crippen molar-refractivity contribution >= 4 is 42.9 Å². The van der Waals surface area contributed by atoms with Gasteiger partial charge in [0.25, 0.3) is 0 Å². The molecule has 60 heavy (non-hydrogen) atoms. The summed E-state index contributed by atoms with van der Waals surface area (Å²) in [5.41, 5.74) is 19.6. The van der Waals surface area contributed by atoms with Crippen LogP contribution in [0, 0.1) is 0 Å². The zero-order valence-electron chi connectivity index (χ0n) is 34.8. The normalized spacial score (nSPS) is 21.3. The van der Waals surface area contributed by atoms with Crippen molar-refractivity contribution in [1.82, 2.24) is 0 Å². The number of allylic oxidation sites excluding steroid dienone is 22. The van der Waals surface area contributed by atoms with E-state index in [1.165, 1.54) is 104 Å². The van der Waals surface area contributed by atoms with E-state index < -0.39 is 0 Å². The molecule has 0 radical (unpaired) electrons. The Kier molecular flexibility index (Phi) is 10.3. The number of rotatable bonds is 4. The Labute approximate surface area is 359 Å². The van der Waals surface area contributed by atoms with Crippen molar-refractivity contribution in [1.29, 1.82) is 0 Å². The van der Waals surface area contributed by atoms with Crippen molar-refractivity contribution < 1.29 is 0 Å². The average molecular weight is 795 g/mol. The van der Waals surface area contributed by atoms with Crippen LogP contribution in [0.3, 0.4) is 0 Å². The highest BCUT2D eigenvalue weighted by atomic mass is 32.1. The predicted octanol–water partition coefficient (Wildman–Crippen LogP) is 16.1. The van der Waals surface area contributed by atoms with Crippen molar-refractivity contribution in [3.05, 3.63) is 238 Å². The smallest absolute Gasteiger partial charge is 0.0496 e. The van der Waals surface area contributed by atoms with Crippen LogP contribution in [0.1, 0.15) is 59.3 Å². The number of hydrogen-bond donors (Lipinski definition) is 0. The standard InChI is InChI=1S/C57H50N2S/c1-39-14-7-8-16-41(3)58(49-20-5-4-6-21-49)54-32-30-45(35-48(54)27-26-39)44-18-12-17-42-28-29-47-34-40(2)15-11-24-53(47)59(55(42)38-44)50-22-13-19-43(36-50)46-31-33-57-52(37-46)51-23-9-10-25-56(51)60-57/h4-11,13-27,31,33,35-38H,12,28-30,32,34H2,1-3H3/b8-7-,27-26-,39-14+,41-16+. The lowest BCUT2D eigenvalue weighted by molar-refractivity contribution is 0.853. The summed E-state index contributed by atoms with van der Waals surface area (Å²) < 4.78 is 2.68. The SMILES string of the molecule is CC1=CC=CC2=C(CCC3=CCC=C(C4=CC5=C(CC4)N(c4ccccc4)/C(C)=C/C=C\C=C(C)\C=C/5)C=C3N2c2cccc(-c3ccc4sc5ccccc5c4c3)c2)C1. The maximum atomic E-state index is 2.59. The van der Waals surface area contributed by atoms with E-state index in [2.05, 4.69) is 207 Å². The van der Waals surface area contributed by atoms with Gasteiger partial charge in [-0.3, -0.25) is 0 Å². The van der Waals surface area contributed by atoms with E-state index in [0.29, 0.717) is 0 Å². The fourth-order valence-electron chi connectivity index (χ4n) is 9.43. The number of fused-ring (bicyclic) bond motifs is 4. The first kappa shape index (κ1) is 37.8. The molecule has 0 atom stereocenters. The molecule has 0 spiro atoms. The number of thiophene rings is 1. The molecular formula is C57H50N2S. The van der Waals surface area contributed by atoms with Gasteiger partial charge in [0.1, 0.15) is 0 Å². The average Bonchev–Trinajstić information content (AvgIpc) is 3.36. The minimum absolute atomic E-state index is 0.914. The first-order chi connectivity index (χ1) is 29.5. The Bertz CT molecular complexity index is 2940. The first-order valence-electron chi connectivity index (χ1n) is 21.4. The maximum absolute atomic E-state index is 2.59. The van der Waals surface area contributed by atoms with Gasteiger partial charge >= 0.3 is 0 Å². The Hall–Kier alpha value is -6.42. The van der Waals surface area contributed by atoms with Gasteiger partial charge in [0.05, 0.1) is 0 Å². The topological polar surface area (TPSA) is 6.48 Å². The Morgan fingerprint density at radius 2 is 1.37 bits per heavy atom. The quantitative estimate of drug-likeness (QED) is 0.179. The molecule has 2 aliphatic heterocycles. The summed E-state index contributed by atoms with van der Waals surface area (Å²) in [5.74, 6) is 0. The van der Waals surface area contributed by atoms with E-state index in [0.717, 1.165) is 38.5 Å². The summed E-state index contributed by atoms with van der Waals surface area (Å²) in [6.45, 7) is 6.68. The van der Waals surface area contributed by atoms with E-state index in [9.17, 15) is 0 Å².